The van der Waals surface area contributed by atoms with Gasteiger partial charge in [-0.2, -0.15) is 15.5 Å². The Hall–Kier alpha value is -4.55. The second kappa shape index (κ2) is 8.91. The summed E-state index contributed by atoms with van der Waals surface area (Å²) in [5.74, 6) is -0.129. The molecule has 5 aromatic rings. The molecule has 0 radical (unpaired) electrons. The highest BCUT2D eigenvalue weighted by Gasteiger charge is 2.25. The Morgan fingerprint density at radius 2 is 1.97 bits per heavy atom. The Balaban J connectivity index is 1.88. The van der Waals surface area contributed by atoms with E-state index in [1.807, 2.05) is 25.1 Å². The van der Waals surface area contributed by atoms with E-state index in [9.17, 15) is 10.1 Å². The summed E-state index contributed by atoms with van der Waals surface area (Å²) in [7, 11) is 1.70. The number of H-pyrrole nitrogens is 1. The zero-order valence-corrected chi connectivity index (χ0v) is 20.0. The van der Waals surface area contributed by atoms with Gasteiger partial charge in [0.2, 0.25) is 0 Å². The number of hydrogen-bond donors (Lipinski definition) is 2. The van der Waals surface area contributed by atoms with E-state index in [4.69, 9.17) is 10.5 Å². The minimum absolute atomic E-state index is 0.0965. The zero-order chi connectivity index (χ0) is 25.6. The van der Waals surface area contributed by atoms with Crippen molar-refractivity contribution in [2.45, 2.75) is 20.4 Å². The van der Waals surface area contributed by atoms with Gasteiger partial charge in [-0.1, -0.05) is 24.3 Å². The second-order valence-electron chi connectivity index (χ2n) is 8.41. The highest BCUT2D eigenvalue weighted by Crippen LogP contribution is 2.41. The normalized spacial score (nSPS) is 11.2. The number of aryl methyl sites for hydroxylation is 2. The average Bonchev–Trinajstić information content (AvgIpc) is 3.27. The van der Waals surface area contributed by atoms with E-state index in [1.54, 1.807) is 43.0 Å². The molecule has 9 heteroatoms. The first-order valence-corrected chi connectivity index (χ1v) is 11.4. The Labute approximate surface area is 205 Å². The number of aromatic amines is 1. The van der Waals surface area contributed by atoms with E-state index in [-0.39, 0.29) is 17.7 Å². The summed E-state index contributed by atoms with van der Waals surface area (Å²) in [6.45, 7) is 3.95. The number of halogens is 1. The summed E-state index contributed by atoms with van der Waals surface area (Å²) in [5.41, 5.74) is 8.48. The molecule has 0 fully saturated rings. The van der Waals surface area contributed by atoms with Crippen molar-refractivity contribution in [3.05, 3.63) is 75.6 Å². The Morgan fingerprint density at radius 3 is 2.67 bits per heavy atom. The number of nitrogens with two attached hydrogens (primary N) is 1. The molecule has 3 aromatic carbocycles. The summed E-state index contributed by atoms with van der Waals surface area (Å²) in [4.78, 5) is 12.6. The number of nitriles is 1. The van der Waals surface area contributed by atoms with Gasteiger partial charge < -0.3 is 10.5 Å². The smallest absolute Gasteiger partial charge is 0.275 e. The molecule has 0 aliphatic heterocycles. The van der Waals surface area contributed by atoms with E-state index in [0.717, 1.165) is 0 Å². The molecule has 0 spiro atoms. The molecular formula is C27H23FN6O2. The lowest BCUT2D eigenvalue weighted by Crippen LogP contribution is -2.14. The quantitative estimate of drug-likeness (QED) is 0.385. The molecule has 180 valence electrons. The number of rotatable bonds is 5. The summed E-state index contributed by atoms with van der Waals surface area (Å²) in [6.07, 6.45) is 1.61. The van der Waals surface area contributed by atoms with Gasteiger partial charge in [-0.15, -0.1) is 0 Å². The van der Waals surface area contributed by atoms with E-state index in [1.165, 1.54) is 0 Å². The standard InChI is InChI=1S/C27H23FN6O2/c1-4-36-22-10-15(9-18-21(12-30)32-33-27(35)23(18)22)20-13-31-34(3)26(20)24-19(11-29)17-8-6-5-7-16(17)14(2)25(24)28/h5-10,13H,4,12,30H2,1-3H3,(H,33,35). The SMILES string of the molecule is CCOc1cc(-c2cnn(C)c2-c2c(F)c(C)c3ccccc3c2C#N)cc2c(CN)n[nH]c(=O)c12. The summed E-state index contributed by atoms with van der Waals surface area (Å²) in [6, 6.07) is 13.0. The maximum absolute atomic E-state index is 16.0. The summed E-state index contributed by atoms with van der Waals surface area (Å²) in [5, 5.41) is 23.3. The zero-order valence-electron chi connectivity index (χ0n) is 20.0. The van der Waals surface area contributed by atoms with Crippen molar-refractivity contribution in [1.82, 2.24) is 20.0 Å². The van der Waals surface area contributed by atoms with Crippen molar-refractivity contribution in [2.24, 2.45) is 12.8 Å². The van der Waals surface area contributed by atoms with Crippen LogP contribution in [0.15, 0.2) is 47.4 Å². The Morgan fingerprint density at radius 1 is 1.22 bits per heavy atom. The van der Waals surface area contributed by atoms with Crippen molar-refractivity contribution in [3.63, 3.8) is 0 Å². The van der Waals surface area contributed by atoms with Crippen LogP contribution in [0, 0.1) is 24.1 Å². The largest absolute Gasteiger partial charge is 0.493 e. The number of nitrogens with one attached hydrogen (secondary N) is 1. The van der Waals surface area contributed by atoms with Gasteiger partial charge in [-0.05, 0) is 42.5 Å². The molecule has 2 aromatic heterocycles. The number of benzene rings is 3. The van der Waals surface area contributed by atoms with Gasteiger partial charge >= 0.3 is 0 Å². The van der Waals surface area contributed by atoms with Crippen LogP contribution in [0.3, 0.4) is 0 Å². The van der Waals surface area contributed by atoms with Crippen molar-refractivity contribution < 1.29 is 9.13 Å². The van der Waals surface area contributed by atoms with Crippen LogP contribution in [0.5, 0.6) is 5.75 Å². The van der Waals surface area contributed by atoms with Gasteiger partial charge in [0, 0.05) is 29.9 Å². The first-order chi connectivity index (χ1) is 17.4. The topological polar surface area (TPSA) is 123 Å². The molecule has 36 heavy (non-hydrogen) atoms. The third-order valence-corrected chi connectivity index (χ3v) is 6.42. The predicted octanol–water partition coefficient (Wildman–Crippen LogP) is 4.32. The fraction of sp³-hybridized carbons (Fsp3) is 0.185. The van der Waals surface area contributed by atoms with E-state index < -0.39 is 11.4 Å². The maximum Gasteiger partial charge on any atom is 0.275 e. The third kappa shape index (κ3) is 3.42. The lowest BCUT2D eigenvalue weighted by Gasteiger charge is -2.16. The van der Waals surface area contributed by atoms with Gasteiger partial charge in [0.15, 0.2) is 0 Å². The van der Waals surface area contributed by atoms with Gasteiger partial charge in [-0.3, -0.25) is 9.48 Å². The molecule has 0 aliphatic carbocycles. The van der Waals surface area contributed by atoms with Crippen molar-refractivity contribution in [2.75, 3.05) is 6.61 Å². The number of aromatic nitrogens is 4. The highest BCUT2D eigenvalue weighted by molar-refractivity contribution is 6.00. The van der Waals surface area contributed by atoms with Crippen LogP contribution in [0.1, 0.15) is 23.7 Å². The van der Waals surface area contributed by atoms with Gasteiger partial charge in [0.1, 0.15) is 17.6 Å². The maximum atomic E-state index is 16.0. The molecule has 0 atom stereocenters. The van der Waals surface area contributed by atoms with Crippen LogP contribution < -0.4 is 16.0 Å². The fourth-order valence-electron chi connectivity index (χ4n) is 4.75. The molecule has 0 aliphatic rings. The molecule has 5 rings (SSSR count). The molecule has 8 nitrogen and oxygen atoms in total. The average molecular weight is 483 g/mol. The van der Waals surface area contributed by atoms with Crippen molar-refractivity contribution >= 4 is 21.5 Å². The minimum atomic E-state index is -0.485. The second-order valence-corrected chi connectivity index (χ2v) is 8.41. The van der Waals surface area contributed by atoms with Crippen LogP contribution in [0.2, 0.25) is 0 Å². The number of nitrogens with zero attached hydrogens (tertiary/aromatic N) is 4. The van der Waals surface area contributed by atoms with Crippen LogP contribution in [-0.4, -0.2) is 26.6 Å². The van der Waals surface area contributed by atoms with Crippen LogP contribution in [0.25, 0.3) is 43.9 Å². The van der Waals surface area contributed by atoms with E-state index >= 15 is 4.39 Å². The van der Waals surface area contributed by atoms with Crippen LogP contribution >= 0.6 is 0 Å². The van der Waals surface area contributed by atoms with Crippen LogP contribution in [-0.2, 0) is 13.6 Å². The molecule has 0 unspecified atom stereocenters. The molecule has 2 heterocycles. The Bertz CT molecular complexity index is 1760. The van der Waals surface area contributed by atoms with Gasteiger partial charge in [-0.25, -0.2) is 9.49 Å². The van der Waals surface area contributed by atoms with Crippen LogP contribution in [0.4, 0.5) is 4.39 Å². The first-order valence-electron chi connectivity index (χ1n) is 11.4. The lowest BCUT2D eigenvalue weighted by atomic mass is 9.90. The number of ether oxygens (including phenoxy) is 1. The van der Waals surface area contributed by atoms with E-state index in [0.29, 0.717) is 62.0 Å². The van der Waals surface area contributed by atoms with Gasteiger partial charge in [0.25, 0.3) is 5.56 Å². The molecule has 0 bridgehead atoms. The highest BCUT2D eigenvalue weighted by atomic mass is 19.1. The summed E-state index contributed by atoms with van der Waals surface area (Å²) >= 11 is 0. The van der Waals surface area contributed by atoms with E-state index in [2.05, 4.69) is 21.4 Å². The fourth-order valence-corrected chi connectivity index (χ4v) is 4.75. The van der Waals surface area contributed by atoms with Crippen molar-refractivity contribution in [3.8, 4) is 34.2 Å². The molecule has 3 N–H and O–H groups in total. The predicted molar refractivity (Wildman–Crippen MR) is 136 cm³/mol. The van der Waals surface area contributed by atoms with Crippen molar-refractivity contribution in [1.29, 1.82) is 5.26 Å². The molecule has 0 saturated heterocycles. The minimum Gasteiger partial charge on any atom is -0.493 e. The molecular weight excluding hydrogens is 459 g/mol. The number of fused-ring (bicyclic) bond motifs is 2. The molecule has 0 amide bonds. The first kappa shape index (κ1) is 23.2. The lowest BCUT2D eigenvalue weighted by molar-refractivity contribution is 0.344. The van der Waals surface area contributed by atoms with Gasteiger partial charge in [0.05, 0.1) is 40.7 Å². The third-order valence-electron chi connectivity index (χ3n) is 6.42. The monoisotopic (exact) mass is 482 g/mol. The number of hydrogen-bond acceptors (Lipinski definition) is 6. The molecule has 0 saturated carbocycles. The Kier molecular flexibility index (Phi) is 5.74. The summed E-state index contributed by atoms with van der Waals surface area (Å²) < 4.78 is 23.3.